The highest BCUT2D eigenvalue weighted by Crippen LogP contribution is 2.23. The van der Waals surface area contributed by atoms with E-state index in [1.165, 1.54) is 6.92 Å². The lowest BCUT2D eigenvalue weighted by Gasteiger charge is -2.28. The number of thioether (sulfide) groups is 1. The van der Waals surface area contributed by atoms with Crippen molar-refractivity contribution in [2.45, 2.75) is 18.7 Å². The second-order valence-corrected chi connectivity index (χ2v) is 9.70. The maximum absolute atomic E-state index is 13.5. The highest BCUT2D eigenvalue weighted by Gasteiger charge is 2.29. The van der Waals surface area contributed by atoms with E-state index in [4.69, 9.17) is 11.6 Å². The van der Waals surface area contributed by atoms with Gasteiger partial charge in [0.2, 0.25) is 15.9 Å². The first-order valence-corrected chi connectivity index (χ1v) is 12.0. The van der Waals surface area contributed by atoms with Gasteiger partial charge in [0, 0.05) is 29.1 Å². The maximum Gasteiger partial charge on any atom is 0.243 e. The Balaban J connectivity index is 1.93. The average molecular weight is 463 g/mol. The number of carbonyl (C=O) groups excluding carboxylic acids is 1. The van der Waals surface area contributed by atoms with Crippen LogP contribution in [0.25, 0.3) is 0 Å². The fourth-order valence-electron chi connectivity index (χ4n) is 2.60. The molecule has 0 saturated heterocycles. The Morgan fingerprint density at radius 2 is 1.83 bits per heavy atom. The zero-order valence-electron chi connectivity index (χ0n) is 15.9. The van der Waals surface area contributed by atoms with E-state index in [1.54, 1.807) is 23.9 Å². The molecule has 0 fully saturated rings. The number of benzene rings is 2. The van der Waals surface area contributed by atoms with Gasteiger partial charge >= 0.3 is 0 Å². The molecule has 1 atom stereocenters. The number of carbonyl (C=O) groups is 1. The molecule has 10 heteroatoms. The minimum Gasteiger partial charge on any atom is -0.353 e. The number of rotatable bonds is 9. The molecule has 1 unspecified atom stereocenters. The summed E-state index contributed by atoms with van der Waals surface area (Å²) in [4.78, 5) is 12.4. The molecule has 0 aliphatic rings. The summed E-state index contributed by atoms with van der Waals surface area (Å²) in [6.07, 6.45) is 0.903. The summed E-state index contributed by atoms with van der Waals surface area (Å²) in [5.41, 5.74) is 0.979. The van der Waals surface area contributed by atoms with E-state index < -0.39 is 33.6 Å². The van der Waals surface area contributed by atoms with Crippen molar-refractivity contribution in [1.82, 2.24) is 5.32 Å². The molecule has 0 spiro atoms. The third kappa shape index (κ3) is 6.87. The summed E-state index contributed by atoms with van der Waals surface area (Å²) >= 11 is 7.44. The standard InChI is InChI=1S/C19H21ClF2N2O3S2/c1-13(24(29(2,26)27)16-7-8-17(21)18(22)11-16)19(25)23-9-10-28-12-14-3-5-15(20)6-4-14/h3-8,11,13H,9-10,12H2,1-2H3,(H,23,25). The summed E-state index contributed by atoms with van der Waals surface area (Å²) in [6.45, 7) is 1.72. The van der Waals surface area contributed by atoms with Crippen LogP contribution < -0.4 is 9.62 Å². The highest BCUT2D eigenvalue weighted by molar-refractivity contribution is 7.98. The monoisotopic (exact) mass is 462 g/mol. The molecule has 0 heterocycles. The predicted molar refractivity (Wildman–Crippen MR) is 114 cm³/mol. The van der Waals surface area contributed by atoms with Crippen LogP contribution in [0.3, 0.4) is 0 Å². The van der Waals surface area contributed by atoms with Crippen molar-refractivity contribution in [2.24, 2.45) is 0 Å². The number of anilines is 1. The van der Waals surface area contributed by atoms with Crippen LogP contribution in [0, 0.1) is 11.6 Å². The topological polar surface area (TPSA) is 66.5 Å². The molecule has 1 amide bonds. The summed E-state index contributed by atoms with van der Waals surface area (Å²) in [5.74, 6) is -1.47. The molecule has 2 rings (SSSR count). The van der Waals surface area contributed by atoms with Gasteiger partial charge in [-0.1, -0.05) is 23.7 Å². The Hall–Kier alpha value is -1.84. The molecular weight excluding hydrogens is 442 g/mol. The molecular formula is C19H21ClF2N2O3S2. The van der Waals surface area contributed by atoms with Gasteiger partial charge in [0.15, 0.2) is 11.6 Å². The number of sulfonamides is 1. The fraction of sp³-hybridized carbons (Fsp3) is 0.316. The summed E-state index contributed by atoms with van der Waals surface area (Å²) in [7, 11) is -3.90. The van der Waals surface area contributed by atoms with Gasteiger partial charge in [0.05, 0.1) is 11.9 Å². The average Bonchev–Trinajstić information content (AvgIpc) is 2.64. The SMILES string of the molecule is CC(C(=O)NCCSCc1ccc(Cl)cc1)N(c1ccc(F)c(F)c1)S(C)(=O)=O. The third-order valence-electron chi connectivity index (χ3n) is 3.97. The Kier molecular flexibility index (Phi) is 8.30. The van der Waals surface area contributed by atoms with Crippen LogP contribution in [0.15, 0.2) is 42.5 Å². The predicted octanol–water partition coefficient (Wildman–Crippen LogP) is 3.82. The molecule has 5 nitrogen and oxygen atoms in total. The quantitative estimate of drug-likeness (QED) is 0.575. The van der Waals surface area contributed by atoms with E-state index in [0.717, 1.165) is 40.1 Å². The first-order chi connectivity index (χ1) is 13.6. The molecule has 0 aliphatic heterocycles. The van der Waals surface area contributed by atoms with Gasteiger partial charge < -0.3 is 5.32 Å². The molecule has 0 aromatic heterocycles. The highest BCUT2D eigenvalue weighted by atomic mass is 35.5. The Labute approximate surface area is 178 Å². The Bertz CT molecular complexity index is 956. The van der Waals surface area contributed by atoms with Crippen molar-refractivity contribution in [3.8, 4) is 0 Å². The molecule has 1 N–H and O–H groups in total. The van der Waals surface area contributed by atoms with Crippen molar-refractivity contribution in [1.29, 1.82) is 0 Å². The van der Waals surface area contributed by atoms with Crippen molar-refractivity contribution in [3.05, 3.63) is 64.7 Å². The van der Waals surface area contributed by atoms with Gasteiger partial charge in [0.1, 0.15) is 6.04 Å². The lowest BCUT2D eigenvalue weighted by Crippen LogP contribution is -2.48. The normalized spacial score (nSPS) is 12.4. The van der Waals surface area contributed by atoms with Crippen LogP contribution in [0.1, 0.15) is 12.5 Å². The summed E-state index contributed by atoms with van der Waals surface area (Å²) < 4.78 is 51.8. The third-order valence-corrected chi connectivity index (χ3v) is 6.50. The van der Waals surface area contributed by atoms with Crippen molar-refractivity contribution >= 4 is 45.0 Å². The Morgan fingerprint density at radius 1 is 1.17 bits per heavy atom. The van der Waals surface area contributed by atoms with E-state index in [2.05, 4.69) is 5.32 Å². The molecule has 0 saturated carbocycles. The van der Waals surface area contributed by atoms with Gasteiger partial charge in [-0.25, -0.2) is 17.2 Å². The fourth-order valence-corrected chi connectivity index (χ4v) is 4.71. The van der Waals surface area contributed by atoms with E-state index in [-0.39, 0.29) is 5.69 Å². The van der Waals surface area contributed by atoms with Gasteiger partial charge in [-0.3, -0.25) is 9.10 Å². The molecule has 2 aromatic rings. The van der Waals surface area contributed by atoms with Gasteiger partial charge in [-0.2, -0.15) is 11.8 Å². The second-order valence-electron chi connectivity index (χ2n) is 6.30. The van der Waals surface area contributed by atoms with E-state index in [0.29, 0.717) is 17.3 Å². The minimum atomic E-state index is -3.90. The van der Waals surface area contributed by atoms with E-state index in [1.807, 2.05) is 12.1 Å². The largest absolute Gasteiger partial charge is 0.353 e. The van der Waals surface area contributed by atoms with Gasteiger partial charge in [-0.05, 0) is 36.8 Å². The minimum absolute atomic E-state index is 0.119. The molecule has 29 heavy (non-hydrogen) atoms. The van der Waals surface area contributed by atoms with Crippen LogP contribution in [0.4, 0.5) is 14.5 Å². The lowest BCUT2D eigenvalue weighted by molar-refractivity contribution is -0.121. The number of hydrogen-bond donors (Lipinski definition) is 1. The second kappa shape index (κ2) is 10.3. The van der Waals surface area contributed by atoms with Gasteiger partial charge in [0.25, 0.3) is 0 Å². The van der Waals surface area contributed by atoms with E-state index >= 15 is 0 Å². The van der Waals surface area contributed by atoms with Crippen molar-refractivity contribution < 1.29 is 22.0 Å². The smallest absolute Gasteiger partial charge is 0.243 e. The number of hydrogen-bond acceptors (Lipinski definition) is 4. The maximum atomic E-state index is 13.5. The number of halogens is 3. The number of amides is 1. The first-order valence-electron chi connectivity index (χ1n) is 8.64. The molecule has 0 aliphatic carbocycles. The van der Waals surface area contributed by atoms with E-state index in [9.17, 15) is 22.0 Å². The molecule has 0 bridgehead atoms. The summed E-state index contributed by atoms with van der Waals surface area (Å²) in [5, 5.41) is 3.33. The molecule has 158 valence electrons. The summed E-state index contributed by atoms with van der Waals surface area (Å²) in [6, 6.07) is 9.01. The molecule has 0 radical (unpaired) electrons. The lowest BCUT2D eigenvalue weighted by atomic mass is 10.2. The van der Waals surface area contributed by atoms with Crippen molar-refractivity contribution in [2.75, 3.05) is 22.9 Å². The Morgan fingerprint density at radius 3 is 2.41 bits per heavy atom. The zero-order chi connectivity index (χ0) is 21.6. The zero-order valence-corrected chi connectivity index (χ0v) is 18.3. The van der Waals surface area contributed by atoms with Crippen LogP contribution in [-0.2, 0) is 20.6 Å². The van der Waals surface area contributed by atoms with Crippen molar-refractivity contribution in [3.63, 3.8) is 0 Å². The number of nitrogens with zero attached hydrogens (tertiary/aromatic N) is 1. The van der Waals surface area contributed by atoms with Crippen LogP contribution >= 0.6 is 23.4 Å². The van der Waals surface area contributed by atoms with Crippen LogP contribution in [0.5, 0.6) is 0 Å². The van der Waals surface area contributed by atoms with Crippen LogP contribution in [-0.4, -0.2) is 38.9 Å². The van der Waals surface area contributed by atoms with Crippen LogP contribution in [0.2, 0.25) is 5.02 Å². The molecule has 2 aromatic carbocycles. The first kappa shape index (κ1) is 23.4. The van der Waals surface area contributed by atoms with Gasteiger partial charge in [-0.15, -0.1) is 0 Å². The number of nitrogens with one attached hydrogen (secondary N) is 1.